The molecule has 5 heteroatoms. The average molecular weight is 360 g/mol. The Kier molecular flexibility index (Phi) is 7.63. The van der Waals surface area contributed by atoms with Gasteiger partial charge in [0.2, 0.25) is 0 Å². The monoisotopic (exact) mass is 361 g/mol. The summed E-state index contributed by atoms with van der Waals surface area (Å²) in [4.78, 5) is 10.3. The predicted octanol–water partition coefficient (Wildman–Crippen LogP) is 1.80. The second-order valence-corrected chi connectivity index (χ2v) is 2.82. The Balaban J connectivity index is 0.00000225. The molecule has 0 bridgehead atoms. The van der Waals surface area contributed by atoms with Crippen LogP contribution >= 0.6 is 0 Å². The fourth-order valence-electron chi connectivity index (χ4n) is 1.09. The Morgan fingerprint density at radius 1 is 1.19 bits per heavy atom. The van der Waals surface area contributed by atoms with Gasteiger partial charge in [0.25, 0.3) is 0 Å². The van der Waals surface area contributed by atoms with Crippen molar-refractivity contribution in [1.29, 1.82) is 0 Å². The fourth-order valence-corrected chi connectivity index (χ4v) is 1.09. The maximum atomic E-state index is 10.3. The van der Waals surface area contributed by atoms with Crippen molar-refractivity contribution in [3.63, 3.8) is 0 Å². The zero-order valence-corrected chi connectivity index (χ0v) is 11.4. The molecule has 0 aliphatic heterocycles. The van der Waals surface area contributed by atoms with E-state index in [0.29, 0.717) is 17.1 Å². The van der Waals surface area contributed by atoms with Crippen LogP contribution in [0.5, 0.6) is 11.5 Å². The van der Waals surface area contributed by atoms with Gasteiger partial charge >= 0.3 is 5.97 Å². The first-order valence-electron chi connectivity index (χ1n) is 4.30. The van der Waals surface area contributed by atoms with Gasteiger partial charge in [-0.1, -0.05) is 0 Å². The minimum absolute atomic E-state index is 0. The Bertz CT molecular complexity index is 365. The molecule has 0 aromatic heterocycles. The molecule has 0 aliphatic rings. The molecular weight excluding hydrogens is 348 g/mol. The molecule has 0 aliphatic carbocycles. The molecular formula is C11H12EuO4. The summed E-state index contributed by atoms with van der Waals surface area (Å²) in [6.45, 7) is 0. The zero-order valence-electron chi connectivity index (χ0n) is 8.94. The van der Waals surface area contributed by atoms with Crippen molar-refractivity contribution in [3.8, 4) is 11.5 Å². The van der Waals surface area contributed by atoms with E-state index < -0.39 is 5.97 Å². The van der Waals surface area contributed by atoms with Crippen LogP contribution in [0.25, 0.3) is 6.08 Å². The first kappa shape index (κ1) is 15.6. The molecule has 1 N–H and O–H groups in total. The molecule has 0 heterocycles. The first-order chi connectivity index (χ1) is 7.15. The molecule has 0 unspecified atom stereocenters. The van der Waals surface area contributed by atoms with E-state index in [4.69, 9.17) is 14.6 Å². The van der Waals surface area contributed by atoms with E-state index in [0.717, 1.165) is 6.08 Å². The topological polar surface area (TPSA) is 55.8 Å². The number of methoxy groups -OCH3 is 2. The van der Waals surface area contributed by atoms with Crippen molar-refractivity contribution in [1.82, 2.24) is 0 Å². The molecule has 0 saturated heterocycles. The normalized spacial score (nSPS) is 9.62. The summed E-state index contributed by atoms with van der Waals surface area (Å²) in [6.07, 6.45) is 2.54. The fraction of sp³-hybridized carbons (Fsp3) is 0.182. The summed E-state index contributed by atoms with van der Waals surface area (Å²) < 4.78 is 10.1. The number of benzene rings is 1. The van der Waals surface area contributed by atoms with Crippen LogP contribution in [0.4, 0.5) is 0 Å². The van der Waals surface area contributed by atoms with Gasteiger partial charge in [0.1, 0.15) is 11.5 Å². The Hall–Kier alpha value is -0.386. The van der Waals surface area contributed by atoms with E-state index in [1.807, 2.05) is 0 Å². The zero-order chi connectivity index (χ0) is 11.3. The molecule has 0 amide bonds. The molecule has 87 valence electrons. The molecule has 0 saturated carbocycles. The molecule has 1 rings (SSSR count). The smallest absolute Gasteiger partial charge is 0.328 e. The van der Waals surface area contributed by atoms with Gasteiger partial charge in [-0.2, -0.15) is 0 Å². The van der Waals surface area contributed by atoms with Gasteiger partial charge in [0.15, 0.2) is 0 Å². The molecule has 16 heavy (non-hydrogen) atoms. The summed E-state index contributed by atoms with van der Waals surface area (Å²) in [5, 5.41) is 8.48. The molecule has 4 nitrogen and oxygen atoms in total. The number of rotatable bonds is 4. The Morgan fingerprint density at radius 3 is 2.06 bits per heavy atom. The molecule has 0 fully saturated rings. The summed E-state index contributed by atoms with van der Waals surface area (Å²) in [5.41, 5.74) is 0.716. The number of aliphatic carboxylic acids is 1. The third-order valence-electron chi connectivity index (χ3n) is 1.79. The average Bonchev–Trinajstić information content (AvgIpc) is 2.25. The first-order valence-corrected chi connectivity index (χ1v) is 4.30. The van der Waals surface area contributed by atoms with Gasteiger partial charge in [-0.3, -0.25) is 0 Å². The van der Waals surface area contributed by atoms with Crippen LogP contribution in [0.1, 0.15) is 5.56 Å². The van der Waals surface area contributed by atoms with Crippen LogP contribution in [-0.2, 0) is 4.79 Å². The second-order valence-electron chi connectivity index (χ2n) is 2.82. The molecule has 0 spiro atoms. The van der Waals surface area contributed by atoms with Gasteiger partial charge in [-0.25, -0.2) is 4.79 Å². The summed E-state index contributed by atoms with van der Waals surface area (Å²) >= 11 is 0. The van der Waals surface area contributed by atoms with Crippen LogP contribution in [-0.4, -0.2) is 25.3 Å². The number of carbonyl (C=O) groups is 1. The largest absolute Gasteiger partial charge is 0.497 e. The van der Waals surface area contributed by atoms with Crippen molar-refractivity contribution >= 4 is 12.0 Å². The summed E-state index contributed by atoms with van der Waals surface area (Å²) in [6, 6.07) is 5.17. The van der Waals surface area contributed by atoms with Crippen LogP contribution in [0, 0.1) is 49.4 Å². The predicted molar refractivity (Wildman–Crippen MR) is 56.2 cm³/mol. The number of hydrogen-bond acceptors (Lipinski definition) is 3. The SMILES string of the molecule is COc1cc(/C=C/C(=O)O)cc(OC)c1.[Eu]. The summed E-state index contributed by atoms with van der Waals surface area (Å²) in [7, 11) is 3.08. The number of carboxylic acids is 1. The van der Waals surface area contributed by atoms with E-state index in [1.165, 1.54) is 6.08 Å². The minimum Gasteiger partial charge on any atom is -0.497 e. The van der Waals surface area contributed by atoms with Crippen LogP contribution in [0.3, 0.4) is 0 Å². The summed E-state index contributed by atoms with van der Waals surface area (Å²) in [5.74, 6) is 0.260. The van der Waals surface area contributed by atoms with E-state index in [9.17, 15) is 4.79 Å². The maximum Gasteiger partial charge on any atom is 0.328 e. The maximum absolute atomic E-state index is 10.3. The van der Waals surface area contributed by atoms with E-state index in [1.54, 1.807) is 32.4 Å². The van der Waals surface area contributed by atoms with Crippen molar-refractivity contribution in [2.24, 2.45) is 0 Å². The van der Waals surface area contributed by atoms with Gasteiger partial charge in [0.05, 0.1) is 14.2 Å². The number of ether oxygens (including phenoxy) is 2. The molecule has 1 aromatic carbocycles. The van der Waals surface area contributed by atoms with Crippen LogP contribution < -0.4 is 9.47 Å². The van der Waals surface area contributed by atoms with Gasteiger partial charge in [0, 0.05) is 61.5 Å². The third-order valence-corrected chi connectivity index (χ3v) is 1.79. The minimum atomic E-state index is -0.989. The Morgan fingerprint density at radius 2 is 1.69 bits per heavy atom. The molecule has 1 radical (unpaired) electrons. The Labute approximate surface area is 135 Å². The van der Waals surface area contributed by atoms with Gasteiger partial charge < -0.3 is 14.6 Å². The quantitative estimate of drug-likeness (QED) is 0.833. The standard InChI is InChI=1S/C11H12O4.Eu/c1-14-9-5-8(3-4-11(12)13)6-10(7-9)15-2;/h3-7H,1-2H3,(H,12,13);/b4-3+;. The molecule has 1 aromatic rings. The van der Waals surface area contributed by atoms with Crippen molar-refractivity contribution < 1.29 is 68.8 Å². The van der Waals surface area contributed by atoms with Crippen molar-refractivity contribution in [2.45, 2.75) is 0 Å². The van der Waals surface area contributed by atoms with Crippen molar-refractivity contribution in [2.75, 3.05) is 14.2 Å². The van der Waals surface area contributed by atoms with Crippen LogP contribution in [0.15, 0.2) is 24.3 Å². The third kappa shape index (κ3) is 5.10. The second kappa shape index (κ2) is 7.82. The van der Waals surface area contributed by atoms with Crippen LogP contribution in [0.2, 0.25) is 0 Å². The van der Waals surface area contributed by atoms with Gasteiger partial charge in [-0.05, 0) is 23.8 Å². The van der Waals surface area contributed by atoms with E-state index >= 15 is 0 Å². The van der Waals surface area contributed by atoms with Crippen molar-refractivity contribution in [3.05, 3.63) is 29.8 Å². The van der Waals surface area contributed by atoms with Gasteiger partial charge in [-0.15, -0.1) is 0 Å². The van der Waals surface area contributed by atoms with E-state index in [-0.39, 0.29) is 49.4 Å². The number of hydrogen-bond donors (Lipinski definition) is 1. The van der Waals surface area contributed by atoms with E-state index in [2.05, 4.69) is 0 Å². The molecule has 0 atom stereocenters. The number of carboxylic acid groups (broad SMARTS) is 1.